The second-order valence-corrected chi connectivity index (χ2v) is 11.3. The quantitative estimate of drug-likeness (QED) is 0.568. The van der Waals surface area contributed by atoms with Crippen molar-refractivity contribution in [2.45, 2.75) is 90.0 Å². The average molecular weight is 477 g/mol. The number of carbonyl (C=O) groups is 3. The zero-order valence-electron chi connectivity index (χ0n) is 20.6. The van der Waals surface area contributed by atoms with Crippen LogP contribution in [0.1, 0.15) is 72.6 Å². The number of ketones is 2. The summed E-state index contributed by atoms with van der Waals surface area (Å²) in [5.74, 6) is -2.62. The normalized spacial score (nSPS) is 45.1. The first-order chi connectivity index (χ1) is 15.9. The van der Waals surface area contributed by atoms with Gasteiger partial charge in [-0.25, -0.2) is 4.39 Å². The Labute approximate surface area is 200 Å². The highest BCUT2D eigenvalue weighted by Gasteiger charge is 2.77. The third-order valence-electron chi connectivity index (χ3n) is 9.75. The number of Topliss-reactive ketones (excluding diaryl/α,β-unsaturated/α-hetero) is 1. The number of carbonyl (C=O) groups excluding carboxylic acids is 3. The Morgan fingerprint density at radius 1 is 1.26 bits per heavy atom. The molecule has 0 aliphatic heterocycles. The van der Waals surface area contributed by atoms with Crippen LogP contribution in [0.15, 0.2) is 23.8 Å². The molecule has 4 aliphatic rings. The molecule has 4 rings (SSSR count). The van der Waals surface area contributed by atoms with Gasteiger partial charge in [-0.2, -0.15) is 0 Å². The molecule has 0 aromatic heterocycles. The number of fused-ring (bicyclic) bond motifs is 5. The first-order valence-electron chi connectivity index (χ1n) is 12.6. The molecule has 0 spiro atoms. The molecule has 34 heavy (non-hydrogen) atoms. The number of ether oxygens (including phenoxy) is 1. The molecule has 0 aromatic rings. The second kappa shape index (κ2) is 8.37. The SMILES string of the molecule is CCCCC(=O)O[C@]1(C(=O)CO)[C@@H](C)C[C@H]2[C@@H]3CCC4=CC(=O)C=CC4(C)[C@@]3(F)[C@@H](O)C[C@@]21C. The zero-order valence-corrected chi connectivity index (χ0v) is 20.6. The summed E-state index contributed by atoms with van der Waals surface area (Å²) in [6, 6.07) is 0. The lowest BCUT2D eigenvalue weighted by Gasteiger charge is -2.62. The molecule has 3 fully saturated rings. The Kier molecular flexibility index (Phi) is 6.21. The van der Waals surface area contributed by atoms with Crippen molar-refractivity contribution >= 4 is 17.5 Å². The lowest BCUT2D eigenvalue weighted by molar-refractivity contribution is -0.228. The van der Waals surface area contributed by atoms with Gasteiger partial charge in [0.15, 0.2) is 17.1 Å². The van der Waals surface area contributed by atoms with Crippen LogP contribution in [0.25, 0.3) is 0 Å². The first kappa shape index (κ1) is 25.2. The van der Waals surface area contributed by atoms with E-state index in [1.165, 1.54) is 12.2 Å². The fourth-order valence-corrected chi connectivity index (χ4v) is 8.07. The van der Waals surface area contributed by atoms with E-state index in [4.69, 9.17) is 4.74 Å². The van der Waals surface area contributed by atoms with Crippen LogP contribution in [0.5, 0.6) is 0 Å². The summed E-state index contributed by atoms with van der Waals surface area (Å²) in [5.41, 5.74) is -5.11. The van der Waals surface area contributed by atoms with E-state index in [-0.39, 0.29) is 24.5 Å². The fraction of sp³-hybridized carbons (Fsp3) is 0.741. The van der Waals surface area contributed by atoms with Crippen LogP contribution in [-0.2, 0) is 19.1 Å². The summed E-state index contributed by atoms with van der Waals surface area (Å²) in [6.45, 7) is 6.55. The third-order valence-corrected chi connectivity index (χ3v) is 9.75. The van der Waals surface area contributed by atoms with Crippen LogP contribution in [0.4, 0.5) is 4.39 Å². The van der Waals surface area contributed by atoms with E-state index in [2.05, 4.69) is 0 Å². The number of allylic oxidation sites excluding steroid dienone is 4. The molecular weight excluding hydrogens is 439 g/mol. The van der Waals surface area contributed by atoms with Gasteiger partial charge in [0, 0.05) is 29.1 Å². The molecule has 0 saturated heterocycles. The largest absolute Gasteiger partial charge is 0.450 e. The van der Waals surface area contributed by atoms with Crippen LogP contribution in [-0.4, -0.2) is 51.7 Å². The standard InChI is InChI=1S/C27H37FO6/c1-5-6-7-23(33)34-27(22(32)15-29)16(2)12-20-19-9-8-17-13-18(30)10-11-24(17,3)26(19,28)21(31)14-25(20,27)4/h10-11,13,16,19-21,29,31H,5-9,12,14-15H2,1-4H3/t16-,19-,20-,21-,24?,25-,26-,27-/m0/s1. The number of halogens is 1. The minimum Gasteiger partial charge on any atom is -0.450 e. The molecule has 7 heteroatoms. The number of aliphatic hydroxyl groups is 2. The molecule has 0 radical (unpaired) electrons. The second-order valence-electron chi connectivity index (χ2n) is 11.3. The molecule has 6 nitrogen and oxygen atoms in total. The van der Waals surface area contributed by atoms with E-state index in [0.29, 0.717) is 31.3 Å². The lowest BCUT2D eigenvalue weighted by atomic mass is 9.44. The summed E-state index contributed by atoms with van der Waals surface area (Å²) < 4.78 is 23.3. The minimum absolute atomic E-state index is 0.0769. The van der Waals surface area contributed by atoms with Gasteiger partial charge < -0.3 is 14.9 Å². The highest BCUT2D eigenvalue weighted by Crippen LogP contribution is 2.71. The summed E-state index contributed by atoms with van der Waals surface area (Å²) in [5, 5.41) is 21.4. The molecule has 1 unspecified atom stereocenters. The monoisotopic (exact) mass is 476 g/mol. The molecule has 3 saturated carbocycles. The number of esters is 1. The molecule has 188 valence electrons. The van der Waals surface area contributed by atoms with Crippen LogP contribution >= 0.6 is 0 Å². The van der Waals surface area contributed by atoms with Crippen LogP contribution in [0, 0.1) is 28.6 Å². The number of rotatable bonds is 6. The predicted octanol–water partition coefficient (Wildman–Crippen LogP) is 3.64. The van der Waals surface area contributed by atoms with Crippen molar-refractivity contribution in [3.63, 3.8) is 0 Å². The van der Waals surface area contributed by atoms with Gasteiger partial charge in [0.1, 0.15) is 6.61 Å². The minimum atomic E-state index is -2.03. The molecule has 0 bridgehead atoms. The topological polar surface area (TPSA) is 101 Å². The molecular formula is C27H37FO6. The van der Waals surface area contributed by atoms with Crippen molar-refractivity contribution in [2.24, 2.45) is 28.6 Å². The van der Waals surface area contributed by atoms with Crippen LogP contribution in [0.2, 0.25) is 0 Å². The molecule has 0 aromatic carbocycles. The van der Waals surface area contributed by atoms with Gasteiger partial charge in [0.2, 0.25) is 5.78 Å². The summed E-state index contributed by atoms with van der Waals surface area (Å²) >= 11 is 0. The van der Waals surface area contributed by atoms with Crippen LogP contribution in [0.3, 0.4) is 0 Å². The van der Waals surface area contributed by atoms with E-state index < -0.39 is 58.4 Å². The average Bonchev–Trinajstić information content (AvgIpc) is 3.00. The Morgan fingerprint density at radius 2 is 1.97 bits per heavy atom. The molecule has 0 amide bonds. The third kappa shape index (κ3) is 3.08. The van der Waals surface area contributed by atoms with Crippen LogP contribution < -0.4 is 0 Å². The number of hydrogen-bond donors (Lipinski definition) is 2. The predicted molar refractivity (Wildman–Crippen MR) is 123 cm³/mol. The number of aliphatic hydroxyl groups excluding tert-OH is 2. The maximum Gasteiger partial charge on any atom is 0.306 e. The summed E-state index contributed by atoms with van der Waals surface area (Å²) in [4.78, 5) is 38.1. The van der Waals surface area contributed by atoms with E-state index in [1.807, 2.05) is 20.8 Å². The molecule has 8 atom stereocenters. The highest BCUT2D eigenvalue weighted by atomic mass is 19.1. The smallest absolute Gasteiger partial charge is 0.306 e. The number of unbranched alkanes of at least 4 members (excludes halogenated alkanes) is 1. The molecule has 4 aliphatic carbocycles. The van der Waals surface area contributed by atoms with E-state index >= 15 is 4.39 Å². The van der Waals surface area contributed by atoms with E-state index in [9.17, 15) is 24.6 Å². The van der Waals surface area contributed by atoms with Gasteiger partial charge in [-0.15, -0.1) is 0 Å². The van der Waals surface area contributed by atoms with Gasteiger partial charge in [-0.3, -0.25) is 14.4 Å². The highest BCUT2D eigenvalue weighted by molar-refractivity contribution is 6.01. The summed E-state index contributed by atoms with van der Waals surface area (Å²) in [6.07, 6.45) is 5.92. The Hall–Kier alpha value is -1.86. The van der Waals surface area contributed by atoms with E-state index in [1.54, 1.807) is 13.0 Å². The van der Waals surface area contributed by atoms with Crippen molar-refractivity contribution in [2.75, 3.05) is 6.61 Å². The Bertz CT molecular complexity index is 957. The van der Waals surface area contributed by atoms with Crippen molar-refractivity contribution in [1.82, 2.24) is 0 Å². The van der Waals surface area contributed by atoms with Crippen molar-refractivity contribution < 1.29 is 33.7 Å². The number of alkyl halides is 1. The molecule has 0 heterocycles. The Morgan fingerprint density at radius 3 is 2.62 bits per heavy atom. The van der Waals surface area contributed by atoms with Gasteiger partial charge in [-0.05, 0) is 57.1 Å². The van der Waals surface area contributed by atoms with Gasteiger partial charge >= 0.3 is 5.97 Å². The fourth-order valence-electron chi connectivity index (χ4n) is 8.07. The first-order valence-corrected chi connectivity index (χ1v) is 12.6. The zero-order chi connectivity index (χ0) is 25.1. The lowest BCUT2D eigenvalue weighted by Crippen LogP contribution is -2.70. The maximum absolute atomic E-state index is 17.3. The number of hydrogen-bond acceptors (Lipinski definition) is 6. The van der Waals surface area contributed by atoms with Crippen molar-refractivity contribution in [3.8, 4) is 0 Å². The Balaban J connectivity index is 1.80. The van der Waals surface area contributed by atoms with Gasteiger partial charge in [-0.1, -0.05) is 38.8 Å². The maximum atomic E-state index is 17.3. The van der Waals surface area contributed by atoms with Crippen molar-refractivity contribution in [3.05, 3.63) is 23.8 Å². The van der Waals surface area contributed by atoms with Gasteiger partial charge in [0.25, 0.3) is 0 Å². The van der Waals surface area contributed by atoms with Gasteiger partial charge in [0.05, 0.1) is 6.10 Å². The summed E-state index contributed by atoms with van der Waals surface area (Å²) in [7, 11) is 0. The molecule has 2 N–H and O–H groups in total. The van der Waals surface area contributed by atoms with E-state index in [0.717, 1.165) is 6.42 Å². The van der Waals surface area contributed by atoms with Crippen molar-refractivity contribution in [1.29, 1.82) is 0 Å².